The summed E-state index contributed by atoms with van der Waals surface area (Å²) in [5.41, 5.74) is 0.964. The van der Waals surface area contributed by atoms with Gasteiger partial charge in [-0.25, -0.2) is 4.39 Å². The molecule has 1 unspecified atom stereocenters. The molecule has 1 aromatic carbocycles. The Morgan fingerprint density at radius 3 is 2.53 bits per heavy atom. The highest BCUT2D eigenvalue weighted by Gasteiger charge is 2.24. The summed E-state index contributed by atoms with van der Waals surface area (Å²) in [5.74, 6) is 0.537. The first-order valence-corrected chi connectivity index (χ1v) is 6.97. The number of ether oxygens (including phenoxy) is 1. The van der Waals surface area contributed by atoms with Crippen LogP contribution in [0.3, 0.4) is 0 Å². The van der Waals surface area contributed by atoms with Crippen molar-refractivity contribution in [1.82, 2.24) is 5.32 Å². The van der Waals surface area contributed by atoms with Crippen LogP contribution in [0.2, 0.25) is 0 Å². The number of benzene rings is 1. The smallest absolute Gasteiger partial charge is 0.123 e. The second-order valence-electron chi connectivity index (χ2n) is 6.09. The number of rotatable bonds is 6. The number of halogens is 1. The Balaban J connectivity index is 2.65. The zero-order chi connectivity index (χ0) is 14.5. The molecule has 0 aromatic heterocycles. The Hall–Kier alpha value is -1.09. The maximum absolute atomic E-state index is 13.0. The van der Waals surface area contributed by atoms with Gasteiger partial charge in [0.25, 0.3) is 0 Å². The molecule has 0 bridgehead atoms. The van der Waals surface area contributed by atoms with Crippen molar-refractivity contribution in [3.05, 3.63) is 29.6 Å². The predicted molar refractivity (Wildman–Crippen MR) is 78.2 cm³/mol. The zero-order valence-corrected chi connectivity index (χ0v) is 12.7. The first-order valence-electron chi connectivity index (χ1n) is 6.97. The van der Waals surface area contributed by atoms with Crippen LogP contribution in [0.4, 0.5) is 4.39 Å². The molecule has 0 aliphatic carbocycles. The highest BCUT2D eigenvalue weighted by atomic mass is 19.1. The van der Waals surface area contributed by atoms with Crippen LogP contribution in [0, 0.1) is 18.2 Å². The fourth-order valence-electron chi connectivity index (χ4n) is 1.88. The fourth-order valence-corrected chi connectivity index (χ4v) is 1.88. The lowest BCUT2D eigenvalue weighted by molar-refractivity contribution is 0.173. The van der Waals surface area contributed by atoms with E-state index in [1.807, 2.05) is 6.92 Å². The van der Waals surface area contributed by atoms with Gasteiger partial charge in [-0.05, 0) is 49.1 Å². The van der Waals surface area contributed by atoms with Gasteiger partial charge in [0.1, 0.15) is 18.2 Å². The largest absolute Gasteiger partial charge is 0.492 e. The highest BCUT2D eigenvalue weighted by Crippen LogP contribution is 2.23. The van der Waals surface area contributed by atoms with E-state index in [1.54, 1.807) is 6.07 Å². The van der Waals surface area contributed by atoms with E-state index in [4.69, 9.17) is 4.74 Å². The van der Waals surface area contributed by atoms with Gasteiger partial charge in [-0.3, -0.25) is 0 Å². The van der Waals surface area contributed by atoms with Crippen LogP contribution >= 0.6 is 0 Å². The monoisotopic (exact) mass is 267 g/mol. The summed E-state index contributed by atoms with van der Waals surface area (Å²) in [6, 6.07) is 4.91. The van der Waals surface area contributed by atoms with Crippen molar-refractivity contribution in [3.8, 4) is 5.75 Å². The van der Waals surface area contributed by atoms with Crippen LogP contribution < -0.4 is 10.1 Å². The molecule has 0 radical (unpaired) electrons. The summed E-state index contributed by atoms with van der Waals surface area (Å²) in [6.45, 7) is 12.2. The van der Waals surface area contributed by atoms with E-state index in [0.717, 1.165) is 24.3 Å². The summed E-state index contributed by atoms with van der Waals surface area (Å²) >= 11 is 0. The van der Waals surface area contributed by atoms with Gasteiger partial charge in [0.15, 0.2) is 0 Å². The molecule has 0 amide bonds. The minimum absolute atomic E-state index is 0.128. The third-order valence-electron chi connectivity index (χ3n) is 3.23. The molecule has 0 fully saturated rings. The maximum atomic E-state index is 13.0. The Bertz CT molecular complexity index is 398. The molecule has 1 rings (SSSR count). The topological polar surface area (TPSA) is 21.3 Å². The summed E-state index contributed by atoms with van der Waals surface area (Å²) in [7, 11) is 0. The molecule has 0 spiro atoms. The van der Waals surface area contributed by atoms with Crippen LogP contribution in [0.5, 0.6) is 5.75 Å². The van der Waals surface area contributed by atoms with E-state index >= 15 is 0 Å². The molecular formula is C16H26FNO. The molecule has 108 valence electrons. The zero-order valence-electron chi connectivity index (χ0n) is 12.7. The van der Waals surface area contributed by atoms with Crippen LogP contribution in [0.15, 0.2) is 18.2 Å². The van der Waals surface area contributed by atoms with Crippen molar-refractivity contribution >= 4 is 0 Å². The molecule has 1 atom stereocenters. The lowest BCUT2D eigenvalue weighted by atomic mass is 9.87. The highest BCUT2D eigenvalue weighted by molar-refractivity contribution is 5.32. The lowest BCUT2D eigenvalue weighted by Gasteiger charge is -2.31. The molecule has 2 nitrogen and oxygen atoms in total. The molecule has 1 N–H and O–H groups in total. The maximum Gasteiger partial charge on any atom is 0.123 e. The minimum atomic E-state index is -0.221. The molecule has 0 heterocycles. The van der Waals surface area contributed by atoms with E-state index in [-0.39, 0.29) is 17.3 Å². The Morgan fingerprint density at radius 1 is 1.32 bits per heavy atom. The van der Waals surface area contributed by atoms with Crippen LogP contribution in [-0.2, 0) is 0 Å². The normalized spacial score (nSPS) is 13.4. The number of nitrogens with one attached hydrogen (secondary N) is 1. The second kappa shape index (κ2) is 6.90. The van der Waals surface area contributed by atoms with Gasteiger partial charge in [-0.1, -0.05) is 27.7 Å². The summed E-state index contributed by atoms with van der Waals surface area (Å²) < 4.78 is 18.9. The van der Waals surface area contributed by atoms with Gasteiger partial charge < -0.3 is 10.1 Å². The third-order valence-corrected chi connectivity index (χ3v) is 3.23. The van der Waals surface area contributed by atoms with E-state index in [9.17, 15) is 4.39 Å². The van der Waals surface area contributed by atoms with Crippen LogP contribution in [0.25, 0.3) is 0 Å². The average molecular weight is 267 g/mol. The van der Waals surface area contributed by atoms with Gasteiger partial charge in [0, 0.05) is 6.04 Å². The first kappa shape index (κ1) is 16.0. The quantitative estimate of drug-likeness (QED) is 0.843. The van der Waals surface area contributed by atoms with Gasteiger partial charge >= 0.3 is 0 Å². The van der Waals surface area contributed by atoms with E-state index in [2.05, 4.69) is 33.0 Å². The summed E-state index contributed by atoms with van der Waals surface area (Å²) in [4.78, 5) is 0. The molecule has 0 aliphatic rings. The Morgan fingerprint density at radius 2 is 2.00 bits per heavy atom. The van der Waals surface area contributed by atoms with Gasteiger partial charge in [0.2, 0.25) is 0 Å². The van der Waals surface area contributed by atoms with Crippen molar-refractivity contribution in [3.63, 3.8) is 0 Å². The number of aryl methyl sites for hydroxylation is 1. The summed E-state index contributed by atoms with van der Waals surface area (Å²) in [5, 5.41) is 3.51. The fraction of sp³-hybridized carbons (Fsp3) is 0.625. The molecule has 3 heteroatoms. The van der Waals surface area contributed by atoms with Crippen LogP contribution in [0.1, 0.15) is 39.7 Å². The second-order valence-corrected chi connectivity index (χ2v) is 6.09. The van der Waals surface area contributed by atoms with Crippen molar-refractivity contribution in [2.45, 2.75) is 47.1 Å². The molecular weight excluding hydrogens is 241 g/mol. The van der Waals surface area contributed by atoms with Gasteiger partial charge in [-0.2, -0.15) is 0 Å². The predicted octanol–water partition coefficient (Wildman–Crippen LogP) is 3.93. The standard InChI is InChI=1S/C16H26FNO/c1-6-9-18-15(16(3,4)5)11-19-14-8-7-13(17)10-12(14)2/h7-8,10,15,18H,6,9,11H2,1-5H3. The lowest BCUT2D eigenvalue weighted by Crippen LogP contribution is -2.45. The number of hydrogen-bond donors (Lipinski definition) is 1. The summed E-state index contributed by atoms with van der Waals surface area (Å²) in [6.07, 6.45) is 1.10. The first-order chi connectivity index (χ1) is 8.84. The van der Waals surface area contributed by atoms with E-state index in [1.165, 1.54) is 12.1 Å². The Labute approximate surface area is 116 Å². The average Bonchev–Trinajstić information content (AvgIpc) is 2.29. The molecule has 1 aromatic rings. The molecule has 0 saturated heterocycles. The van der Waals surface area contributed by atoms with Crippen molar-refractivity contribution in [2.24, 2.45) is 5.41 Å². The number of hydrogen-bond acceptors (Lipinski definition) is 2. The minimum Gasteiger partial charge on any atom is -0.492 e. The van der Waals surface area contributed by atoms with Crippen molar-refractivity contribution < 1.29 is 9.13 Å². The van der Waals surface area contributed by atoms with E-state index in [0.29, 0.717) is 6.61 Å². The van der Waals surface area contributed by atoms with Gasteiger partial charge in [-0.15, -0.1) is 0 Å². The van der Waals surface area contributed by atoms with Gasteiger partial charge in [0.05, 0.1) is 0 Å². The third kappa shape index (κ3) is 5.19. The molecule has 19 heavy (non-hydrogen) atoms. The van der Waals surface area contributed by atoms with E-state index < -0.39 is 0 Å². The van der Waals surface area contributed by atoms with Crippen molar-refractivity contribution in [2.75, 3.05) is 13.2 Å². The van der Waals surface area contributed by atoms with Crippen molar-refractivity contribution in [1.29, 1.82) is 0 Å². The van der Waals surface area contributed by atoms with Crippen LogP contribution in [-0.4, -0.2) is 19.2 Å². The molecule has 0 saturated carbocycles. The Kier molecular flexibility index (Phi) is 5.80. The SMILES string of the molecule is CCCNC(COc1ccc(F)cc1C)C(C)(C)C. The molecule has 0 aliphatic heterocycles.